The number of benzene rings is 2. The largest absolute Gasteiger partial charge is 0.355 e. The molecule has 0 bridgehead atoms. The fourth-order valence-electron chi connectivity index (χ4n) is 2.97. The predicted molar refractivity (Wildman–Crippen MR) is 124 cm³/mol. The zero-order chi connectivity index (χ0) is 24.1. The van der Waals surface area contributed by atoms with Gasteiger partial charge in [-0.1, -0.05) is 35.3 Å². The lowest BCUT2D eigenvalue weighted by molar-refractivity contribution is -0.139. The number of likely N-dealkylation sites (N-methyl/N-ethyl adjacent to an activating group) is 1. The average Bonchev–Trinajstić information content (AvgIpc) is 2.71. The molecule has 174 valence electrons. The van der Waals surface area contributed by atoms with Gasteiger partial charge < -0.3 is 10.2 Å². The molecule has 0 saturated heterocycles. The number of amides is 2. The smallest absolute Gasteiger partial charge is 0.244 e. The maximum atomic E-state index is 13.3. The van der Waals surface area contributed by atoms with Crippen molar-refractivity contribution in [2.24, 2.45) is 0 Å². The summed E-state index contributed by atoms with van der Waals surface area (Å²) in [5.74, 6) is -1.48. The zero-order valence-corrected chi connectivity index (χ0v) is 20.1. The van der Waals surface area contributed by atoms with Gasteiger partial charge in [-0.3, -0.25) is 13.9 Å². The van der Waals surface area contributed by atoms with Crippen molar-refractivity contribution in [3.8, 4) is 0 Å². The zero-order valence-electron chi connectivity index (χ0n) is 17.8. The monoisotopic (exact) mass is 503 g/mol. The highest BCUT2D eigenvalue weighted by Crippen LogP contribution is 2.30. The average molecular weight is 504 g/mol. The maximum absolute atomic E-state index is 13.3. The Morgan fingerprint density at radius 1 is 1.12 bits per heavy atom. The van der Waals surface area contributed by atoms with Crippen molar-refractivity contribution in [1.29, 1.82) is 0 Å². The SMILES string of the molecule is CCNC(=O)C(C)N(Cc1ccc(F)cc1)C(=O)CN(c1ccc(Cl)cc1Cl)S(C)(=O)=O. The van der Waals surface area contributed by atoms with Gasteiger partial charge in [0, 0.05) is 18.1 Å². The molecular weight excluding hydrogens is 480 g/mol. The molecule has 2 aromatic carbocycles. The van der Waals surface area contributed by atoms with Crippen molar-refractivity contribution in [2.75, 3.05) is 23.7 Å². The summed E-state index contributed by atoms with van der Waals surface area (Å²) in [5, 5.41) is 3.01. The minimum atomic E-state index is -3.91. The highest BCUT2D eigenvalue weighted by molar-refractivity contribution is 7.92. The fraction of sp³-hybridized carbons (Fsp3) is 0.333. The van der Waals surface area contributed by atoms with Crippen molar-refractivity contribution >= 4 is 50.7 Å². The standard InChI is InChI=1S/C21H24Cl2FN3O4S/c1-4-25-21(29)14(2)26(12-15-5-8-17(24)9-6-15)20(28)13-27(32(3,30)31)19-10-7-16(22)11-18(19)23/h5-11,14H,4,12-13H2,1-3H3,(H,25,29). The van der Waals surface area contributed by atoms with Crippen LogP contribution in [0, 0.1) is 5.82 Å². The molecule has 0 radical (unpaired) electrons. The normalized spacial score (nSPS) is 12.2. The summed E-state index contributed by atoms with van der Waals surface area (Å²) in [5.41, 5.74) is 0.658. The summed E-state index contributed by atoms with van der Waals surface area (Å²) in [6.07, 6.45) is 0.947. The van der Waals surface area contributed by atoms with Crippen LogP contribution < -0.4 is 9.62 Å². The first-order chi connectivity index (χ1) is 14.9. The van der Waals surface area contributed by atoms with Crippen LogP contribution in [-0.2, 0) is 26.2 Å². The fourth-order valence-corrected chi connectivity index (χ4v) is 4.39. The number of sulfonamides is 1. The molecule has 0 aliphatic rings. The molecule has 0 saturated carbocycles. The number of carbonyl (C=O) groups is 2. The highest BCUT2D eigenvalue weighted by atomic mass is 35.5. The van der Waals surface area contributed by atoms with Crippen LogP contribution in [0.4, 0.5) is 10.1 Å². The van der Waals surface area contributed by atoms with Crippen molar-refractivity contribution in [2.45, 2.75) is 26.4 Å². The molecule has 0 aromatic heterocycles. The van der Waals surface area contributed by atoms with E-state index in [0.29, 0.717) is 17.1 Å². The summed E-state index contributed by atoms with van der Waals surface area (Å²) in [4.78, 5) is 27.0. The number of rotatable bonds is 9. The Morgan fingerprint density at radius 2 is 1.75 bits per heavy atom. The second-order valence-electron chi connectivity index (χ2n) is 7.08. The molecular formula is C21H24Cl2FN3O4S. The van der Waals surface area contributed by atoms with Crippen molar-refractivity contribution in [1.82, 2.24) is 10.2 Å². The Bertz CT molecular complexity index is 1080. The lowest BCUT2D eigenvalue weighted by Crippen LogP contribution is -2.51. The lowest BCUT2D eigenvalue weighted by atomic mass is 10.1. The number of hydrogen-bond donors (Lipinski definition) is 1. The molecule has 2 amide bonds. The first kappa shape index (κ1) is 25.9. The number of hydrogen-bond acceptors (Lipinski definition) is 4. The Morgan fingerprint density at radius 3 is 2.28 bits per heavy atom. The van der Waals surface area contributed by atoms with Gasteiger partial charge in [0.05, 0.1) is 17.0 Å². The van der Waals surface area contributed by atoms with E-state index in [2.05, 4.69) is 5.32 Å². The number of halogens is 3. The van der Waals surface area contributed by atoms with Crippen molar-refractivity contribution in [3.63, 3.8) is 0 Å². The van der Waals surface area contributed by atoms with Crippen LogP contribution in [0.3, 0.4) is 0 Å². The van der Waals surface area contributed by atoms with Crippen LogP contribution >= 0.6 is 23.2 Å². The van der Waals surface area contributed by atoms with Gasteiger partial charge in [-0.15, -0.1) is 0 Å². The molecule has 11 heteroatoms. The molecule has 2 aromatic rings. The van der Waals surface area contributed by atoms with E-state index < -0.39 is 40.2 Å². The molecule has 0 fully saturated rings. The molecule has 32 heavy (non-hydrogen) atoms. The maximum Gasteiger partial charge on any atom is 0.244 e. The van der Waals surface area contributed by atoms with Gasteiger partial charge in [0.1, 0.15) is 18.4 Å². The number of nitrogens with zero attached hydrogens (tertiary/aromatic N) is 2. The van der Waals surface area contributed by atoms with E-state index in [0.717, 1.165) is 10.6 Å². The van der Waals surface area contributed by atoms with E-state index >= 15 is 0 Å². The van der Waals surface area contributed by atoms with E-state index in [1.165, 1.54) is 54.3 Å². The van der Waals surface area contributed by atoms with E-state index in [1.807, 2.05) is 0 Å². The third-order valence-electron chi connectivity index (χ3n) is 4.64. The molecule has 0 heterocycles. The molecule has 1 N–H and O–H groups in total. The molecule has 1 atom stereocenters. The van der Waals surface area contributed by atoms with E-state index in [9.17, 15) is 22.4 Å². The third-order valence-corrected chi connectivity index (χ3v) is 6.31. The summed E-state index contributed by atoms with van der Waals surface area (Å²) in [7, 11) is -3.91. The molecule has 2 rings (SSSR count). The first-order valence-corrected chi connectivity index (χ1v) is 12.3. The van der Waals surface area contributed by atoms with Gasteiger partial charge in [0.2, 0.25) is 21.8 Å². The summed E-state index contributed by atoms with van der Waals surface area (Å²) in [6, 6.07) is 8.78. The highest BCUT2D eigenvalue weighted by Gasteiger charge is 2.30. The topological polar surface area (TPSA) is 86.8 Å². The quantitative estimate of drug-likeness (QED) is 0.567. The Labute approximate surface area is 197 Å². The minimum Gasteiger partial charge on any atom is -0.355 e. The van der Waals surface area contributed by atoms with Gasteiger partial charge in [-0.25, -0.2) is 12.8 Å². The van der Waals surface area contributed by atoms with Crippen LogP contribution in [0.15, 0.2) is 42.5 Å². The Balaban J connectivity index is 2.40. The predicted octanol–water partition coefficient (Wildman–Crippen LogP) is 3.45. The molecule has 0 aliphatic carbocycles. The van der Waals surface area contributed by atoms with E-state index in [-0.39, 0.29) is 17.3 Å². The van der Waals surface area contributed by atoms with Crippen LogP contribution in [0.25, 0.3) is 0 Å². The summed E-state index contributed by atoms with van der Waals surface area (Å²) < 4.78 is 39.1. The Kier molecular flexibility index (Phi) is 8.89. The van der Waals surface area contributed by atoms with Gasteiger partial charge in [0.15, 0.2) is 0 Å². The van der Waals surface area contributed by atoms with Gasteiger partial charge in [0.25, 0.3) is 0 Å². The summed E-state index contributed by atoms with van der Waals surface area (Å²) >= 11 is 12.1. The summed E-state index contributed by atoms with van der Waals surface area (Å²) in [6.45, 7) is 3.02. The van der Waals surface area contributed by atoms with Crippen molar-refractivity contribution < 1.29 is 22.4 Å². The number of carbonyl (C=O) groups excluding carboxylic acids is 2. The minimum absolute atomic E-state index is 0.0244. The van der Waals surface area contributed by atoms with Gasteiger partial charge in [-0.2, -0.15) is 0 Å². The second-order valence-corrected chi connectivity index (χ2v) is 9.83. The molecule has 1 unspecified atom stereocenters. The van der Waals surface area contributed by atoms with Crippen molar-refractivity contribution in [3.05, 3.63) is 63.9 Å². The van der Waals surface area contributed by atoms with Crippen LogP contribution in [-0.4, -0.2) is 50.5 Å². The van der Waals surface area contributed by atoms with Crippen LogP contribution in [0.1, 0.15) is 19.4 Å². The van der Waals surface area contributed by atoms with E-state index in [1.54, 1.807) is 6.92 Å². The lowest BCUT2D eigenvalue weighted by Gasteiger charge is -2.31. The Hall–Kier alpha value is -2.36. The third kappa shape index (κ3) is 6.82. The molecule has 7 nitrogen and oxygen atoms in total. The van der Waals surface area contributed by atoms with E-state index in [4.69, 9.17) is 23.2 Å². The number of anilines is 1. The first-order valence-electron chi connectivity index (χ1n) is 9.68. The van der Waals surface area contributed by atoms with Crippen LogP contribution in [0.5, 0.6) is 0 Å². The van der Waals surface area contributed by atoms with Gasteiger partial charge >= 0.3 is 0 Å². The molecule has 0 spiro atoms. The second kappa shape index (κ2) is 11.0. The molecule has 0 aliphatic heterocycles. The van der Waals surface area contributed by atoms with Crippen LogP contribution in [0.2, 0.25) is 10.0 Å². The number of nitrogens with one attached hydrogen (secondary N) is 1. The van der Waals surface area contributed by atoms with Gasteiger partial charge in [-0.05, 0) is 49.7 Å².